The van der Waals surface area contributed by atoms with Crippen LogP contribution in [-0.4, -0.2) is 25.4 Å². The van der Waals surface area contributed by atoms with Crippen LogP contribution in [0.2, 0.25) is 0 Å². The molecule has 2 aromatic heterocycles. The van der Waals surface area contributed by atoms with E-state index in [1.165, 1.54) is 17.5 Å². The Morgan fingerprint density at radius 1 is 1.50 bits per heavy atom. The average Bonchev–Trinajstić information content (AvgIpc) is 2.88. The summed E-state index contributed by atoms with van der Waals surface area (Å²) in [6, 6.07) is 1.60. The maximum absolute atomic E-state index is 12.0. The zero-order valence-electron chi connectivity index (χ0n) is 10.0. The van der Waals surface area contributed by atoms with Crippen molar-refractivity contribution in [2.24, 2.45) is 0 Å². The lowest BCUT2D eigenvalue weighted by Crippen LogP contribution is -2.12. The van der Waals surface area contributed by atoms with Gasteiger partial charge in [0, 0.05) is 23.8 Å². The molecule has 98 valence electrons. The Kier molecular flexibility index (Phi) is 3.69. The smallest absolute Gasteiger partial charge is 0.265 e. The Morgan fingerprint density at radius 3 is 2.89 bits per heavy atom. The van der Waals surface area contributed by atoms with Gasteiger partial charge in [-0.1, -0.05) is 0 Å². The van der Waals surface area contributed by atoms with Crippen molar-refractivity contribution < 1.29 is 8.42 Å². The standard InChI is InChI=1S/C10H14N4O2S2/c1-7-6-17-10(13-7)14-18(15,16)9-3-8(4-11-2)12-5-9/h3,5-6,11-12H,4H2,1-2H3,(H,13,14). The molecule has 0 spiro atoms. The lowest BCUT2D eigenvalue weighted by Gasteiger charge is -2.01. The second-order valence-corrected chi connectivity index (χ2v) is 6.33. The second kappa shape index (κ2) is 5.09. The second-order valence-electron chi connectivity index (χ2n) is 3.79. The molecule has 0 aliphatic heterocycles. The maximum Gasteiger partial charge on any atom is 0.265 e. The predicted octanol–water partition coefficient (Wildman–Crippen LogP) is 1.30. The number of thiazole rings is 1. The molecule has 0 unspecified atom stereocenters. The van der Waals surface area contributed by atoms with E-state index >= 15 is 0 Å². The first-order valence-corrected chi connectivity index (χ1v) is 7.64. The molecule has 0 radical (unpaired) electrons. The molecule has 2 heterocycles. The molecule has 3 N–H and O–H groups in total. The number of hydrogen-bond donors (Lipinski definition) is 3. The molecule has 0 amide bonds. The Morgan fingerprint density at radius 2 is 2.28 bits per heavy atom. The normalized spacial score (nSPS) is 11.7. The third kappa shape index (κ3) is 2.89. The summed E-state index contributed by atoms with van der Waals surface area (Å²) in [5.41, 5.74) is 1.61. The van der Waals surface area contributed by atoms with Gasteiger partial charge in [0.25, 0.3) is 10.0 Å². The van der Waals surface area contributed by atoms with Crippen molar-refractivity contribution in [1.82, 2.24) is 15.3 Å². The van der Waals surface area contributed by atoms with Gasteiger partial charge >= 0.3 is 0 Å². The quantitative estimate of drug-likeness (QED) is 0.773. The molecule has 0 fully saturated rings. The van der Waals surface area contributed by atoms with Crippen LogP contribution in [0.15, 0.2) is 22.5 Å². The van der Waals surface area contributed by atoms with Crippen molar-refractivity contribution in [3.05, 3.63) is 29.0 Å². The van der Waals surface area contributed by atoms with E-state index in [1.807, 2.05) is 6.92 Å². The van der Waals surface area contributed by atoms with Gasteiger partial charge < -0.3 is 10.3 Å². The van der Waals surface area contributed by atoms with Crippen LogP contribution in [0.4, 0.5) is 5.13 Å². The molecule has 0 aliphatic rings. The van der Waals surface area contributed by atoms with Crippen LogP contribution >= 0.6 is 11.3 Å². The molecule has 0 bridgehead atoms. The molecule has 6 nitrogen and oxygen atoms in total. The van der Waals surface area contributed by atoms with E-state index in [-0.39, 0.29) is 4.90 Å². The van der Waals surface area contributed by atoms with Crippen LogP contribution in [0.25, 0.3) is 0 Å². The monoisotopic (exact) mass is 286 g/mol. The summed E-state index contributed by atoms with van der Waals surface area (Å²) in [7, 11) is -1.76. The Bertz CT molecular complexity index is 630. The first-order valence-electron chi connectivity index (χ1n) is 5.28. The topological polar surface area (TPSA) is 86.9 Å². The predicted molar refractivity (Wildman–Crippen MR) is 71.2 cm³/mol. The highest BCUT2D eigenvalue weighted by Crippen LogP contribution is 2.20. The van der Waals surface area contributed by atoms with Crippen LogP contribution in [0.3, 0.4) is 0 Å². The highest BCUT2D eigenvalue weighted by molar-refractivity contribution is 7.93. The van der Waals surface area contributed by atoms with Crippen molar-refractivity contribution in [3.63, 3.8) is 0 Å². The lowest BCUT2D eigenvalue weighted by molar-refractivity contribution is 0.601. The fourth-order valence-electron chi connectivity index (χ4n) is 1.44. The van der Waals surface area contributed by atoms with E-state index in [2.05, 4.69) is 20.0 Å². The molecule has 0 atom stereocenters. The Hall–Kier alpha value is -1.38. The zero-order chi connectivity index (χ0) is 13.2. The fraction of sp³-hybridized carbons (Fsp3) is 0.300. The van der Waals surface area contributed by atoms with Gasteiger partial charge in [0.1, 0.15) is 4.90 Å². The SMILES string of the molecule is CNCc1cc(S(=O)(=O)Nc2nc(C)cs2)c[nH]1. The number of rotatable bonds is 5. The number of H-pyrrole nitrogens is 1. The summed E-state index contributed by atoms with van der Waals surface area (Å²) < 4.78 is 26.5. The first kappa shape index (κ1) is 13.1. The number of nitrogens with zero attached hydrogens (tertiary/aromatic N) is 1. The third-order valence-corrected chi connectivity index (χ3v) is 4.56. The third-order valence-electron chi connectivity index (χ3n) is 2.23. The minimum absolute atomic E-state index is 0.209. The fourth-order valence-corrected chi connectivity index (χ4v) is 3.40. The molecule has 18 heavy (non-hydrogen) atoms. The van der Waals surface area contributed by atoms with Crippen molar-refractivity contribution >= 4 is 26.5 Å². The van der Waals surface area contributed by atoms with Gasteiger partial charge in [-0.3, -0.25) is 4.72 Å². The maximum atomic E-state index is 12.0. The highest BCUT2D eigenvalue weighted by Gasteiger charge is 2.17. The van der Waals surface area contributed by atoms with E-state index in [0.29, 0.717) is 11.7 Å². The number of aromatic amines is 1. The van der Waals surface area contributed by atoms with Crippen molar-refractivity contribution in [3.8, 4) is 0 Å². The van der Waals surface area contributed by atoms with Gasteiger partial charge in [-0.25, -0.2) is 13.4 Å². The minimum Gasteiger partial charge on any atom is -0.363 e. The van der Waals surface area contributed by atoms with Crippen LogP contribution in [-0.2, 0) is 16.6 Å². The highest BCUT2D eigenvalue weighted by atomic mass is 32.2. The van der Waals surface area contributed by atoms with Crippen molar-refractivity contribution in [1.29, 1.82) is 0 Å². The molecule has 2 aromatic rings. The van der Waals surface area contributed by atoms with Gasteiger partial charge in [0.05, 0.1) is 5.69 Å². The number of aromatic nitrogens is 2. The zero-order valence-corrected chi connectivity index (χ0v) is 11.7. The van der Waals surface area contributed by atoms with Gasteiger partial charge in [0.15, 0.2) is 5.13 Å². The van der Waals surface area contributed by atoms with Crippen molar-refractivity contribution in [2.75, 3.05) is 11.8 Å². The molecular formula is C10H14N4O2S2. The van der Waals surface area contributed by atoms with E-state index in [9.17, 15) is 8.42 Å². The van der Waals surface area contributed by atoms with E-state index in [4.69, 9.17) is 0 Å². The van der Waals surface area contributed by atoms with Crippen LogP contribution in [0, 0.1) is 6.92 Å². The van der Waals surface area contributed by atoms with Crippen LogP contribution in [0.1, 0.15) is 11.4 Å². The van der Waals surface area contributed by atoms with Crippen LogP contribution in [0.5, 0.6) is 0 Å². The number of sulfonamides is 1. The van der Waals surface area contributed by atoms with Gasteiger partial charge in [-0.2, -0.15) is 0 Å². The molecule has 8 heteroatoms. The summed E-state index contributed by atoms with van der Waals surface area (Å²) in [4.78, 5) is 7.18. The Labute approximate surface area is 110 Å². The van der Waals surface area contributed by atoms with Gasteiger partial charge in [-0.15, -0.1) is 11.3 Å². The number of hydrogen-bond acceptors (Lipinski definition) is 5. The summed E-state index contributed by atoms with van der Waals surface area (Å²) in [6.45, 7) is 2.40. The summed E-state index contributed by atoms with van der Waals surface area (Å²) in [5, 5.41) is 5.12. The Balaban J connectivity index is 2.19. The van der Waals surface area contributed by atoms with Gasteiger partial charge in [-0.05, 0) is 20.0 Å². The summed E-state index contributed by atoms with van der Waals surface area (Å²) in [6.07, 6.45) is 1.47. The first-order chi connectivity index (χ1) is 8.51. The van der Waals surface area contributed by atoms with E-state index in [0.717, 1.165) is 11.4 Å². The minimum atomic E-state index is -3.56. The van der Waals surface area contributed by atoms with Gasteiger partial charge in [0.2, 0.25) is 0 Å². The largest absolute Gasteiger partial charge is 0.363 e. The molecular weight excluding hydrogens is 272 g/mol. The molecule has 0 saturated carbocycles. The summed E-state index contributed by atoms with van der Waals surface area (Å²) in [5.74, 6) is 0. The number of aryl methyl sites for hydroxylation is 1. The van der Waals surface area contributed by atoms with Crippen molar-refractivity contribution in [2.45, 2.75) is 18.4 Å². The van der Waals surface area contributed by atoms with E-state index < -0.39 is 10.0 Å². The molecule has 0 aliphatic carbocycles. The number of nitrogens with one attached hydrogen (secondary N) is 3. The average molecular weight is 286 g/mol. The van der Waals surface area contributed by atoms with Crippen LogP contribution < -0.4 is 10.0 Å². The van der Waals surface area contributed by atoms with E-state index in [1.54, 1.807) is 18.5 Å². The molecule has 0 aromatic carbocycles. The number of anilines is 1. The molecule has 2 rings (SSSR count). The molecule has 0 saturated heterocycles. The lowest BCUT2D eigenvalue weighted by atomic mass is 10.4. The summed E-state index contributed by atoms with van der Waals surface area (Å²) >= 11 is 1.26.